The highest BCUT2D eigenvalue weighted by Gasteiger charge is 2.54. The van der Waals surface area contributed by atoms with Crippen LogP contribution in [0.4, 0.5) is 0 Å². The van der Waals surface area contributed by atoms with Crippen LogP contribution in [-0.4, -0.2) is 10.4 Å². The zero-order valence-electron chi connectivity index (χ0n) is 20.9. The van der Waals surface area contributed by atoms with Crippen LogP contribution in [0, 0.1) is 12.8 Å². The van der Waals surface area contributed by atoms with Gasteiger partial charge >= 0.3 is 0 Å². The van der Waals surface area contributed by atoms with Crippen LogP contribution in [0.3, 0.4) is 0 Å². The van der Waals surface area contributed by atoms with Gasteiger partial charge in [-0.1, -0.05) is 112 Å². The molecule has 2 aliphatic carbocycles. The minimum absolute atomic E-state index is 0.160. The molecule has 0 saturated heterocycles. The van der Waals surface area contributed by atoms with E-state index < -0.39 is 0 Å². The molecule has 0 bridgehead atoms. The summed E-state index contributed by atoms with van der Waals surface area (Å²) < 4.78 is 0. The Morgan fingerprint density at radius 3 is 2.44 bits per heavy atom. The summed E-state index contributed by atoms with van der Waals surface area (Å²) in [6, 6.07) is 16.7. The molecule has 1 heterocycles. The monoisotopic (exact) mass is 449 g/mol. The van der Waals surface area contributed by atoms with Crippen molar-refractivity contribution in [2.75, 3.05) is 0 Å². The summed E-state index contributed by atoms with van der Waals surface area (Å²) in [5.41, 5.74) is 9.40. The lowest BCUT2D eigenvalue weighted by Crippen LogP contribution is -2.45. The van der Waals surface area contributed by atoms with Crippen LogP contribution < -0.4 is 0 Å². The van der Waals surface area contributed by atoms with Gasteiger partial charge in [-0.15, -0.1) is 0 Å². The van der Waals surface area contributed by atoms with Crippen molar-refractivity contribution < 1.29 is 0 Å². The van der Waals surface area contributed by atoms with E-state index in [0.29, 0.717) is 0 Å². The number of rotatable bonds is 8. The molecule has 2 aromatic carbocycles. The van der Waals surface area contributed by atoms with E-state index in [2.05, 4.69) is 74.0 Å². The molecular formula is C33H39N. The SMILES string of the molecule is C=C/C=C(\C=C)C(=C)N1C(c2ccc(CCC3CCCC3)cc2)c2ccc(C)cc2CC12CC2. The van der Waals surface area contributed by atoms with Gasteiger partial charge in [-0.3, -0.25) is 0 Å². The zero-order chi connectivity index (χ0) is 23.7. The second kappa shape index (κ2) is 9.45. The Morgan fingerprint density at radius 2 is 1.79 bits per heavy atom. The minimum atomic E-state index is 0.160. The maximum absolute atomic E-state index is 4.60. The Balaban J connectivity index is 1.51. The van der Waals surface area contributed by atoms with E-state index >= 15 is 0 Å². The number of fused-ring (bicyclic) bond motifs is 1. The first kappa shape index (κ1) is 23.0. The fraction of sp³-hybridized carbons (Fsp3) is 0.394. The maximum Gasteiger partial charge on any atom is 0.0804 e. The predicted molar refractivity (Wildman–Crippen MR) is 145 cm³/mol. The molecule has 2 saturated carbocycles. The second-order valence-corrected chi connectivity index (χ2v) is 10.8. The summed E-state index contributed by atoms with van der Waals surface area (Å²) >= 11 is 0. The van der Waals surface area contributed by atoms with Gasteiger partial charge in [0.15, 0.2) is 0 Å². The quantitative estimate of drug-likeness (QED) is 0.366. The number of allylic oxidation sites excluding steroid dienone is 3. The fourth-order valence-electron chi connectivity index (χ4n) is 6.42. The lowest BCUT2D eigenvalue weighted by Gasteiger charge is -2.47. The van der Waals surface area contributed by atoms with Crippen LogP contribution in [-0.2, 0) is 12.8 Å². The molecule has 1 atom stereocenters. The Kier molecular flexibility index (Phi) is 6.38. The number of nitrogens with zero attached hydrogens (tertiary/aromatic N) is 1. The van der Waals surface area contributed by atoms with E-state index in [9.17, 15) is 0 Å². The first-order valence-corrected chi connectivity index (χ1v) is 13.2. The topological polar surface area (TPSA) is 3.24 Å². The van der Waals surface area contributed by atoms with Gasteiger partial charge in [-0.25, -0.2) is 0 Å². The van der Waals surface area contributed by atoms with Crippen molar-refractivity contribution in [1.82, 2.24) is 4.90 Å². The summed E-state index contributed by atoms with van der Waals surface area (Å²) in [4.78, 5) is 2.62. The number of hydrogen-bond acceptors (Lipinski definition) is 1. The molecule has 34 heavy (non-hydrogen) atoms. The highest BCUT2D eigenvalue weighted by molar-refractivity contribution is 5.50. The summed E-state index contributed by atoms with van der Waals surface area (Å²) in [6.45, 7) is 14.8. The largest absolute Gasteiger partial charge is 0.354 e. The number of hydrogen-bond donors (Lipinski definition) is 0. The van der Waals surface area contributed by atoms with Gasteiger partial charge in [0.25, 0.3) is 0 Å². The van der Waals surface area contributed by atoms with Crippen LogP contribution in [0.15, 0.2) is 91.7 Å². The van der Waals surface area contributed by atoms with E-state index in [1.54, 1.807) is 0 Å². The number of aryl methyl sites for hydroxylation is 2. The second-order valence-electron chi connectivity index (χ2n) is 10.8. The maximum atomic E-state index is 4.60. The average Bonchev–Trinajstić information content (AvgIpc) is 3.39. The summed E-state index contributed by atoms with van der Waals surface area (Å²) in [5, 5.41) is 0. The molecule has 1 spiro atoms. The van der Waals surface area contributed by atoms with E-state index in [4.69, 9.17) is 0 Å². The van der Waals surface area contributed by atoms with Crippen LogP contribution in [0.5, 0.6) is 0 Å². The molecule has 0 radical (unpaired) electrons. The van der Waals surface area contributed by atoms with Crippen LogP contribution in [0.25, 0.3) is 0 Å². The molecular weight excluding hydrogens is 410 g/mol. The molecule has 0 N–H and O–H groups in total. The van der Waals surface area contributed by atoms with Gasteiger partial charge in [0.1, 0.15) is 0 Å². The predicted octanol–water partition coefficient (Wildman–Crippen LogP) is 8.41. The Hall–Kier alpha value is -2.80. The fourth-order valence-corrected chi connectivity index (χ4v) is 6.42. The average molecular weight is 450 g/mol. The van der Waals surface area contributed by atoms with Crippen molar-refractivity contribution in [3.63, 3.8) is 0 Å². The molecule has 5 rings (SSSR count). The molecule has 2 aromatic rings. The van der Waals surface area contributed by atoms with Gasteiger partial charge in [0.2, 0.25) is 0 Å². The molecule has 176 valence electrons. The summed E-state index contributed by atoms with van der Waals surface area (Å²) in [6.07, 6.45) is 17.6. The van der Waals surface area contributed by atoms with E-state index in [0.717, 1.165) is 23.6 Å². The van der Waals surface area contributed by atoms with E-state index in [1.165, 1.54) is 79.2 Å². The minimum Gasteiger partial charge on any atom is -0.354 e. The summed E-state index contributed by atoms with van der Waals surface area (Å²) in [5.74, 6) is 0.940. The third kappa shape index (κ3) is 4.33. The zero-order valence-corrected chi connectivity index (χ0v) is 20.9. The van der Waals surface area contributed by atoms with Crippen LogP contribution in [0.1, 0.15) is 78.8 Å². The Bertz CT molecular complexity index is 1110. The van der Waals surface area contributed by atoms with Crippen molar-refractivity contribution in [2.24, 2.45) is 5.92 Å². The molecule has 1 aliphatic heterocycles. The van der Waals surface area contributed by atoms with Crippen molar-refractivity contribution in [3.05, 3.63) is 120 Å². The molecule has 0 amide bonds. The van der Waals surface area contributed by atoms with Gasteiger partial charge < -0.3 is 4.90 Å². The lowest BCUT2D eigenvalue weighted by molar-refractivity contribution is 0.175. The molecule has 1 unspecified atom stereocenters. The van der Waals surface area contributed by atoms with Gasteiger partial charge in [-0.2, -0.15) is 0 Å². The van der Waals surface area contributed by atoms with Gasteiger partial charge in [-0.05, 0) is 72.8 Å². The van der Waals surface area contributed by atoms with Crippen molar-refractivity contribution in [2.45, 2.75) is 76.3 Å². The van der Waals surface area contributed by atoms with Crippen LogP contribution in [0.2, 0.25) is 0 Å². The third-order valence-corrected chi connectivity index (χ3v) is 8.46. The number of benzene rings is 2. The van der Waals surface area contributed by atoms with Crippen molar-refractivity contribution >= 4 is 0 Å². The Morgan fingerprint density at radius 1 is 1.06 bits per heavy atom. The van der Waals surface area contributed by atoms with Gasteiger partial charge in [0, 0.05) is 11.2 Å². The van der Waals surface area contributed by atoms with Crippen LogP contribution >= 0.6 is 0 Å². The first-order chi connectivity index (χ1) is 16.5. The smallest absolute Gasteiger partial charge is 0.0804 e. The molecule has 1 nitrogen and oxygen atoms in total. The standard InChI is InChI=1S/C33H39N/c1-5-9-28(6-2)25(4)34-32(31-19-12-24(3)22-30(31)23-33(34)20-21-33)29-17-15-27(16-18-29)14-13-26-10-7-8-11-26/h5-6,9,12,15-19,22,26,32H,1-2,4,7-8,10-11,13-14,20-21,23H2,3H3/b28-9+. The van der Waals surface area contributed by atoms with Crippen molar-refractivity contribution in [1.29, 1.82) is 0 Å². The highest BCUT2D eigenvalue weighted by atomic mass is 15.3. The lowest BCUT2D eigenvalue weighted by atomic mass is 9.81. The van der Waals surface area contributed by atoms with Gasteiger partial charge in [0.05, 0.1) is 6.04 Å². The van der Waals surface area contributed by atoms with E-state index in [-0.39, 0.29) is 11.6 Å². The molecule has 2 fully saturated rings. The normalized spacial score (nSPS) is 21.4. The molecule has 0 aromatic heterocycles. The molecule has 3 aliphatic rings. The third-order valence-electron chi connectivity index (χ3n) is 8.46. The highest BCUT2D eigenvalue weighted by Crippen LogP contribution is 2.56. The molecule has 1 heteroatoms. The van der Waals surface area contributed by atoms with E-state index in [1.807, 2.05) is 18.2 Å². The summed E-state index contributed by atoms with van der Waals surface area (Å²) in [7, 11) is 0. The van der Waals surface area contributed by atoms with Crippen molar-refractivity contribution in [3.8, 4) is 0 Å². The first-order valence-electron chi connectivity index (χ1n) is 13.2. The Labute approximate surface area is 206 Å².